The first-order valence-corrected chi connectivity index (χ1v) is 7.09. The van der Waals surface area contributed by atoms with Crippen LogP contribution in [0.3, 0.4) is 0 Å². The van der Waals surface area contributed by atoms with E-state index in [9.17, 15) is 9.59 Å². The van der Waals surface area contributed by atoms with Gasteiger partial charge in [0.05, 0.1) is 4.88 Å². The van der Waals surface area contributed by atoms with Gasteiger partial charge < -0.3 is 10.0 Å². The van der Waals surface area contributed by atoms with Crippen molar-refractivity contribution in [2.24, 2.45) is 0 Å². The molecule has 0 spiro atoms. The third-order valence-corrected chi connectivity index (χ3v) is 4.35. The molecule has 1 saturated heterocycles. The van der Waals surface area contributed by atoms with Crippen molar-refractivity contribution in [2.45, 2.75) is 38.6 Å². The summed E-state index contributed by atoms with van der Waals surface area (Å²) < 4.78 is 0. The van der Waals surface area contributed by atoms with Crippen molar-refractivity contribution in [3.05, 3.63) is 21.9 Å². The fourth-order valence-corrected chi connectivity index (χ4v) is 3.25. The third-order valence-electron chi connectivity index (χ3n) is 3.29. The second kappa shape index (κ2) is 5.52. The molecule has 98 valence electrons. The van der Waals surface area contributed by atoms with E-state index in [0.29, 0.717) is 10.9 Å². The summed E-state index contributed by atoms with van der Waals surface area (Å²) in [5, 5.41) is 8.87. The third kappa shape index (κ3) is 2.56. The number of carbonyl (C=O) groups excluding carboxylic acids is 1. The largest absolute Gasteiger partial charge is 0.477 e. The Bertz CT molecular complexity index is 455. The van der Waals surface area contributed by atoms with Crippen LogP contribution in [0.5, 0.6) is 0 Å². The monoisotopic (exact) mass is 267 g/mol. The highest BCUT2D eigenvalue weighted by molar-refractivity contribution is 7.15. The Morgan fingerprint density at radius 2 is 2.17 bits per heavy atom. The van der Waals surface area contributed by atoms with E-state index in [0.717, 1.165) is 43.6 Å². The molecule has 1 aromatic heterocycles. The lowest BCUT2D eigenvalue weighted by Crippen LogP contribution is -2.34. The molecular weight excluding hydrogens is 250 g/mol. The molecule has 2 rings (SSSR count). The number of thiophene rings is 1. The first-order chi connectivity index (χ1) is 8.63. The Morgan fingerprint density at radius 1 is 1.44 bits per heavy atom. The smallest absolute Gasteiger partial charge is 0.345 e. The quantitative estimate of drug-likeness (QED) is 0.912. The molecule has 0 saturated carbocycles. The zero-order valence-corrected chi connectivity index (χ0v) is 11.2. The number of aromatic carboxylic acids is 1. The van der Waals surface area contributed by atoms with Crippen LogP contribution in [-0.2, 0) is 0 Å². The van der Waals surface area contributed by atoms with Crippen LogP contribution in [0, 0.1) is 0 Å². The van der Waals surface area contributed by atoms with Gasteiger partial charge in [0.2, 0.25) is 0 Å². The van der Waals surface area contributed by atoms with E-state index in [-0.39, 0.29) is 10.8 Å². The van der Waals surface area contributed by atoms with Gasteiger partial charge in [0, 0.05) is 12.6 Å². The molecule has 1 amide bonds. The summed E-state index contributed by atoms with van der Waals surface area (Å²) in [6.45, 7) is 2.92. The molecule has 1 unspecified atom stereocenters. The van der Waals surface area contributed by atoms with Gasteiger partial charge in [0.1, 0.15) is 4.88 Å². The molecule has 1 atom stereocenters. The van der Waals surface area contributed by atoms with Crippen molar-refractivity contribution in [1.29, 1.82) is 0 Å². The number of hydrogen-bond acceptors (Lipinski definition) is 3. The Morgan fingerprint density at radius 3 is 2.78 bits per heavy atom. The molecule has 0 aromatic carbocycles. The normalized spacial score (nSPS) is 19.2. The van der Waals surface area contributed by atoms with Crippen molar-refractivity contribution in [2.75, 3.05) is 6.54 Å². The molecule has 1 aliphatic rings. The Hall–Kier alpha value is -1.36. The van der Waals surface area contributed by atoms with Gasteiger partial charge in [0.15, 0.2) is 0 Å². The summed E-state index contributed by atoms with van der Waals surface area (Å²) in [7, 11) is 0. The maximum Gasteiger partial charge on any atom is 0.345 e. The summed E-state index contributed by atoms with van der Waals surface area (Å²) in [5.74, 6) is -0.978. The van der Waals surface area contributed by atoms with Crippen molar-refractivity contribution in [1.82, 2.24) is 4.90 Å². The van der Waals surface area contributed by atoms with Gasteiger partial charge >= 0.3 is 5.97 Å². The molecule has 1 aliphatic heterocycles. The molecule has 5 heteroatoms. The summed E-state index contributed by atoms with van der Waals surface area (Å²) in [5.41, 5.74) is 0. The van der Waals surface area contributed by atoms with Crippen molar-refractivity contribution >= 4 is 23.2 Å². The van der Waals surface area contributed by atoms with Crippen LogP contribution >= 0.6 is 11.3 Å². The molecule has 4 nitrogen and oxygen atoms in total. The van der Waals surface area contributed by atoms with E-state index in [1.807, 2.05) is 4.90 Å². The predicted octanol–water partition coefficient (Wildman–Crippen LogP) is 2.85. The minimum atomic E-state index is -0.967. The van der Waals surface area contributed by atoms with Gasteiger partial charge in [-0.1, -0.05) is 13.3 Å². The van der Waals surface area contributed by atoms with Crippen molar-refractivity contribution in [3.8, 4) is 0 Å². The lowest BCUT2D eigenvalue weighted by Gasteiger charge is -2.23. The van der Waals surface area contributed by atoms with Gasteiger partial charge in [-0.2, -0.15) is 0 Å². The summed E-state index contributed by atoms with van der Waals surface area (Å²) in [4.78, 5) is 25.8. The average Bonchev–Trinajstić information content (AvgIpc) is 2.97. The number of hydrogen-bond donors (Lipinski definition) is 1. The van der Waals surface area contributed by atoms with Crippen molar-refractivity contribution < 1.29 is 14.7 Å². The number of nitrogens with zero attached hydrogens (tertiary/aromatic N) is 1. The van der Waals surface area contributed by atoms with Gasteiger partial charge in [-0.15, -0.1) is 11.3 Å². The fraction of sp³-hybridized carbons (Fsp3) is 0.538. The second-order valence-electron chi connectivity index (χ2n) is 4.55. The van der Waals surface area contributed by atoms with Gasteiger partial charge in [-0.05, 0) is 31.4 Å². The summed E-state index contributed by atoms with van der Waals surface area (Å²) >= 11 is 1.07. The van der Waals surface area contributed by atoms with E-state index >= 15 is 0 Å². The highest BCUT2D eigenvalue weighted by Gasteiger charge is 2.29. The highest BCUT2D eigenvalue weighted by atomic mass is 32.1. The van der Waals surface area contributed by atoms with Crippen LogP contribution in [0.1, 0.15) is 52.0 Å². The Balaban J connectivity index is 2.12. The van der Waals surface area contributed by atoms with Crippen LogP contribution in [0.2, 0.25) is 0 Å². The minimum Gasteiger partial charge on any atom is -0.477 e. The number of carboxylic acids is 1. The standard InChI is InChI=1S/C13H17NO3S/c1-2-4-9-5-3-8-14(9)12(15)10-6-7-11(18-10)13(16)17/h6-7,9H,2-5,8H2,1H3,(H,16,17). The second-order valence-corrected chi connectivity index (χ2v) is 5.64. The van der Waals surface area contributed by atoms with Crippen LogP contribution in [0.4, 0.5) is 0 Å². The van der Waals surface area contributed by atoms with Crippen LogP contribution in [0.25, 0.3) is 0 Å². The number of amides is 1. The van der Waals surface area contributed by atoms with Gasteiger partial charge in [-0.3, -0.25) is 4.79 Å². The predicted molar refractivity (Wildman–Crippen MR) is 70.2 cm³/mol. The molecular formula is C13H17NO3S. The Kier molecular flexibility index (Phi) is 4.01. The molecule has 2 heterocycles. The lowest BCUT2D eigenvalue weighted by molar-refractivity contribution is 0.0700. The maximum absolute atomic E-state index is 12.3. The van der Waals surface area contributed by atoms with E-state index in [1.165, 1.54) is 6.07 Å². The SMILES string of the molecule is CCCC1CCCN1C(=O)c1ccc(C(=O)O)s1. The first kappa shape index (κ1) is 13.1. The summed E-state index contributed by atoms with van der Waals surface area (Å²) in [6, 6.07) is 3.46. The fourth-order valence-electron chi connectivity index (χ4n) is 2.45. The molecule has 1 aromatic rings. The van der Waals surface area contributed by atoms with Crippen molar-refractivity contribution in [3.63, 3.8) is 0 Å². The number of carboxylic acid groups (broad SMARTS) is 1. The number of rotatable bonds is 4. The average molecular weight is 267 g/mol. The maximum atomic E-state index is 12.3. The molecule has 1 N–H and O–H groups in total. The lowest BCUT2D eigenvalue weighted by atomic mass is 10.1. The highest BCUT2D eigenvalue weighted by Crippen LogP contribution is 2.26. The molecule has 18 heavy (non-hydrogen) atoms. The summed E-state index contributed by atoms with van der Waals surface area (Å²) in [6.07, 6.45) is 4.21. The van der Waals surface area contributed by atoms with Gasteiger partial charge in [-0.25, -0.2) is 4.79 Å². The number of likely N-dealkylation sites (tertiary alicyclic amines) is 1. The van der Waals surface area contributed by atoms with E-state index < -0.39 is 5.97 Å². The molecule has 0 aliphatic carbocycles. The Labute approximate surface area is 110 Å². The minimum absolute atomic E-state index is 0.0107. The molecule has 0 radical (unpaired) electrons. The van der Waals surface area contributed by atoms with Gasteiger partial charge in [0.25, 0.3) is 5.91 Å². The zero-order chi connectivity index (χ0) is 13.1. The van der Waals surface area contributed by atoms with E-state index in [4.69, 9.17) is 5.11 Å². The van der Waals surface area contributed by atoms with E-state index in [1.54, 1.807) is 6.07 Å². The molecule has 1 fully saturated rings. The topological polar surface area (TPSA) is 57.6 Å². The molecule has 0 bridgehead atoms. The number of carbonyl (C=O) groups is 2. The van der Waals surface area contributed by atoms with Crippen LogP contribution in [0.15, 0.2) is 12.1 Å². The van der Waals surface area contributed by atoms with E-state index in [2.05, 4.69) is 6.92 Å². The van der Waals surface area contributed by atoms with Crippen LogP contribution < -0.4 is 0 Å². The first-order valence-electron chi connectivity index (χ1n) is 6.27. The van der Waals surface area contributed by atoms with Crippen LogP contribution in [-0.4, -0.2) is 34.5 Å². The zero-order valence-electron chi connectivity index (χ0n) is 10.4.